The molecule has 0 spiro atoms. The van der Waals surface area contributed by atoms with Crippen LogP contribution in [0, 0.1) is 17.3 Å². The first-order valence-corrected chi connectivity index (χ1v) is 8.52. The van der Waals surface area contributed by atoms with Gasteiger partial charge < -0.3 is 20.7 Å². The van der Waals surface area contributed by atoms with Crippen molar-refractivity contribution in [1.29, 1.82) is 0 Å². The van der Waals surface area contributed by atoms with E-state index < -0.39 is 24.3 Å². The van der Waals surface area contributed by atoms with Crippen molar-refractivity contribution in [2.75, 3.05) is 0 Å². The summed E-state index contributed by atoms with van der Waals surface area (Å²) in [6.07, 6.45) is 4.37. The molecule has 0 bridgehead atoms. The molecule has 0 heterocycles. The number of carboxylic acids is 1. The van der Waals surface area contributed by atoms with Crippen LogP contribution in [0.1, 0.15) is 59.3 Å². The highest BCUT2D eigenvalue weighted by Gasteiger charge is 2.36. The molecule has 1 fully saturated rings. The van der Waals surface area contributed by atoms with Gasteiger partial charge in [-0.3, -0.25) is 10.1 Å². The first-order chi connectivity index (χ1) is 10.6. The average Bonchev–Trinajstić information content (AvgIpc) is 2.91. The first-order valence-electron chi connectivity index (χ1n) is 8.52. The summed E-state index contributed by atoms with van der Waals surface area (Å²) in [4.78, 5) is 21.5. The Bertz CT molecular complexity index is 395. The zero-order valence-corrected chi connectivity index (χ0v) is 14.5. The summed E-state index contributed by atoms with van der Waals surface area (Å²) < 4.78 is 0. The Morgan fingerprint density at radius 3 is 2.57 bits per heavy atom. The molecule has 1 aliphatic rings. The monoisotopic (exact) mass is 328 g/mol. The van der Waals surface area contributed by atoms with Crippen LogP contribution >= 0.6 is 0 Å². The topological polar surface area (TPSA) is 113 Å². The maximum absolute atomic E-state index is 10.8. The largest absolute Gasteiger partial charge is 0.481 e. The normalized spacial score (nSPS) is 25.8. The molecule has 23 heavy (non-hydrogen) atoms. The van der Waals surface area contributed by atoms with Crippen LogP contribution in [0.15, 0.2) is 0 Å². The van der Waals surface area contributed by atoms with Gasteiger partial charge in [0, 0.05) is 6.04 Å². The summed E-state index contributed by atoms with van der Waals surface area (Å²) in [7, 11) is 0. The lowest BCUT2D eigenvalue weighted by atomic mass is 9.73. The Labute approximate surface area is 138 Å². The third kappa shape index (κ3) is 6.57. The minimum atomic E-state index is -1.09. The summed E-state index contributed by atoms with van der Waals surface area (Å²) >= 11 is 0. The fraction of sp³-hybridized carbons (Fsp3) is 0.882. The summed E-state index contributed by atoms with van der Waals surface area (Å²) in [6, 6.07) is -1.42. The van der Waals surface area contributed by atoms with E-state index in [1.807, 2.05) is 0 Å². The van der Waals surface area contributed by atoms with Gasteiger partial charge in [0.15, 0.2) is 0 Å². The van der Waals surface area contributed by atoms with E-state index in [-0.39, 0.29) is 11.8 Å². The molecule has 6 nitrogen and oxygen atoms in total. The summed E-state index contributed by atoms with van der Waals surface area (Å²) in [6.45, 7) is 6.81. The van der Waals surface area contributed by atoms with Crippen molar-refractivity contribution in [3.8, 4) is 0 Å². The minimum absolute atomic E-state index is 0.284. The number of hydrogen-bond acceptors (Lipinski definition) is 5. The van der Waals surface area contributed by atoms with Gasteiger partial charge in [-0.05, 0) is 36.5 Å². The number of aliphatic hydroxyl groups is 1. The summed E-state index contributed by atoms with van der Waals surface area (Å²) in [5.74, 6) is 0.206. The van der Waals surface area contributed by atoms with Gasteiger partial charge in [-0.15, -0.1) is 0 Å². The third-order valence-electron chi connectivity index (χ3n) is 4.99. The Morgan fingerprint density at radius 1 is 1.39 bits per heavy atom. The summed E-state index contributed by atoms with van der Waals surface area (Å²) in [5, 5.41) is 21.3. The minimum Gasteiger partial charge on any atom is -0.481 e. The number of aldehydes is 1. The number of nitrogens with two attached hydrogens (primary N) is 1. The van der Waals surface area contributed by atoms with Crippen LogP contribution in [-0.2, 0) is 9.59 Å². The van der Waals surface area contributed by atoms with Crippen LogP contribution < -0.4 is 11.1 Å². The predicted molar refractivity (Wildman–Crippen MR) is 88.7 cm³/mol. The van der Waals surface area contributed by atoms with E-state index in [0.29, 0.717) is 24.5 Å². The number of nitrogens with one attached hydrogen (secondary N) is 1. The van der Waals surface area contributed by atoms with Gasteiger partial charge in [-0.1, -0.05) is 33.6 Å². The van der Waals surface area contributed by atoms with E-state index in [9.17, 15) is 14.7 Å². The van der Waals surface area contributed by atoms with Gasteiger partial charge >= 0.3 is 5.97 Å². The number of carbonyl (C=O) groups is 2. The molecule has 0 saturated heterocycles. The molecule has 0 aliphatic heterocycles. The molecular formula is C17H32N2O4. The van der Waals surface area contributed by atoms with Gasteiger partial charge in [0.25, 0.3) is 0 Å². The first kappa shape index (κ1) is 20.1. The molecule has 134 valence electrons. The second-order valence-corrected chi connectivity index (χ2v) is 7.86. The molecule has 1 rings (SSSR count). The maximum Gasteiger partial charge on any atom is 0.305 e. The molecule has 0 amide bonds. The number of aliphatic hydroxyl groups excluding tert-OH is 1. The standard InChI is InChI=1S/C17H32N2O4/c1-17(2,3)13-6-4-5-11(13)7-8-14(18)16(23)19-12(10-20)9-15(21)22/h10-14,16,19,23H,4-9,18H2,1-3H3,(H,21,22)/t11?,12-,13?,14?,16?/m0/s1. The molecule has 4 unspecified atom stereocenters. The van der Waals surface area contributed by atoms with Crippen LogP contribution in [-0.4, -0.2) is 40.8 Å². The molecular weight excluding hydrogens is 296 g/mol. The molecule has 5 N–H and O–H groups in total. The van der Waals surface area contributed by atoms with Crippen molar-refractivity contribution in [2.24, 2.45) is 23.0 Å². The number of hydrogen-bond donors (Lipinski definition) is 4. The highest BCUT2D eigenvalue weighted by molar-refractivity contribution is 5.73. The maximum atomic E-state index is 10.8. The van der Waals surface area contributed by atoms with E-state index in [1.165, 1.54) is 19.3 Å². The van der Waals surface area contributed by atoms with Crippen molar-refractivity contribution >= 4 is 12.3 Å². The van der Waals surface area contributed by atoms with Gasteiger partial charge in [0.2, 0.25) is 0 Å². The lowest BCUT2D eigenvalue weighted by Crippen LogP contribution is -2.50. The fourth-order valence-electron chi connectivity index (χ4n) is 3.76. The number of carbonyl (C=O) groups excluding carboxylic acids is 1. The Morgan fingerprint density at radius 2 is 2.04 bits per heavy atom. The highest BCUT2D eigenvalue weighted by atomic mass is 16.4. The SMILES string of the molecule is CC(C)(C)C1CCCC1CCC(N)C(O)N[C@H](C=O)CC(=O)O. The predicted octanol–water partition coefficient (Wildman–Crippen LogP) is 1.51. The second kappa shape index (κ2) is 8.76. The zero-order chi connectivity index (χ0) is 17.6. The van der Waals surface area contributed by atoms with Gasteiger partial charge in [-0.2, -0.15) is 0 Å². The molecule has 0 aromatic carbocycles. The van der Waals surface area contributed by atoms with Crippen molar-refractivity contribution in [3.05, 3.63) is 0 Å². The number of aliphatic carboxylic acids is 1. The molecule has 0 aromatic rings. The van der Waals surface area contributed by atoms with Crippen LogP contribution in [0.5, 0.6) is 0 Å². The number of carboxylic acid groups (broad SMARTS) is 1. The molecule has 0 radical (unpaired) electrons. The lowest BCUT2D eigenvalue weighted by Gasteiger charge is -2.33. The van der Waals surface area contributed by atoms with Crippen molar-refractivity contribution < 1.29 is 19.8 Å². The van der Waals surface area contributed by atoms with Gasteiger partial charge in [-0.25, -0.2) is 0 Å². The highest BCUT2D eigenvalue weighted by Crippen LogP contribution is 2.45. The van der Waals surface area contributed by atoms with Crippen LogP contribution in [0.25, 0.3) is 0 Å². The van der Waals surface area contributed by atoms with Crippen molar-refractivity contribution in [2.45, 2.75) is 77.6 Å². The molecule has 5 atom stereocenters. The van der Waals surface area contributed by atoms with E-state index in [4.69, 9.17) is 10.8 Å². The van der Waals surface area contributed by atoms with Crippen molar-refractivity contribution in [3.63, 3.8) is 0 Å². The third-order valence-corrected chi connectivity index (χ3v) is 4.99. The fourth-order valence-corrected chi connectivity index (χ4v) is 3.76. The van der Waals surface area contributed by atoms with E-state index in [0.717, 1.165) is 6.42 Å². The van der Waals surface area contributed by atoms with E-state index >= 15 is 0 Å². The summed E-state index contributed by atoms with van der Waals surface area (Å²) in [5.41, 5.74) is 6.29. The molecule has 1 aliphatic carbocycles. The van der Waals surface area contributed by atoms with E-state index in [1.54, 1.807) is 0 Å². The quantitative estimate of drug-likeness (QED) is 0.377. The van der Waals surface area contributed by atoms with Crippen LogP contribution in [0.2, 0.25) is 0 Å². The Kier molecular flexibility index (Phi) is 7.64. The van der Waals surface area contributed by atoms with Gasteiger partial charge in [0.05, 0.1) is 12.5 Å². The van der Waals surface area contributed by atoms with Gasteiger partial charge in [0.1, 0.15) is 12.5 Å². The number of rotatable bonds is 9. The van der Waals surface area contributed by atoms with E-state index in [2.05, 4.69) is 26.1 Å². The Hall–Kier alpha value is -0.980. The average molecular weight is 328 g/mol. The smallest absolute Gasteiger partial charge is 0.305 e. The second-order valence-electron chi connectivity index (χ2n) is 7.86. The molecule has 1 saturated carbocycles. The van der Waals surface area contributed by atoms with Crippen LogP contribution in [0.3, 0.4) is 0 Å². The molecule has 0 aromatic heterocycles. The lowest BCUT2D eigenvalue weighted by molar-refractivity contribution is -0.138. The zero-order valence-electron chi connectivity index (χ0n) is 14.5. The molecule has 6 heteroatoms. The van der Waals surface area contributed by atoms with Crippen LogP contribution in [0.4, 0.5) is 0 Å². The van der Waals surface area contributed by atoms with Crippen molar-refractivity contribution in [1.82, 2.24) is 5.32 Å². The Balaban J connectivity index is 2.44.